The average Bonchev–Trinajstić information content (AvgIpc) is 3.74. The third-order valence-electron chi connectivity index (χ3n) is 9.59. The third-order valence-corrected chi connectivity index (χ3v) is 9.99. The van der Waals surface area contributed by atoms with Crippen LogP contribution in [0.25, 0.3) is 5.69 Å². The Labute approximate surface area is 274 Å². The van der Waals surface area contributed by atoms with E-state index in [1.54, 1.807) is 27.6 Å². The van der Waals surface area contributed by atoms with Crippen LogP contribution in [0.5, 0.6) is 0 Å². The number of carbonyl (C=O) groups excluding carboxylic acids is 3. The number of halogens is 1. The molecule has 244 valence electrons. The van der Waals surface area contributed by atoms with Crippen molar-refractivity contribution in [1.82, 2.24) is 24.5 Å². The first-order valence-electron chi connectivity index (χ1n) is 16.1. The van der Waals surface area contributed by atoms with Gasteiger partial charge in [0.1, 0.15) is 17.5 Å². The molecular formula is C34H42ClN7O4. The molecule has 1 aromatic heterocycles. The van der Waals surface area contributed by atoms with Gasteiger partial charge in [-0.05, 0) is 61.6 Å². The Morgan fingerprint density at radius 2 is 1.70 bits per heavy atom. The number of carbonyl (C=O) groups is 3. The maximum absolute atomic E-state index is 13.4. The summed E-state index contributed by atoms with van der Waals surface area (Å²) in [6, 6.07) is 15.2. The first kappa shape index (κ1) is 31.9. The minimum atomic E-state index is -0.386. The molecule has 46 heavy (non-hydrogen) atoms. The normalized spacial score (nSPS) is 20.2. The maximum Gasteiger partial charge on any atom is 0.414 e. The van der Waals surface area contributed by atoms with Crippen molar-refractivity contribution in [3.05, 3.63) is 70.9 Å². The molecule has 3 aliphatic heterocycles. The molecular weight excluding hydrogens is 606 g/mol. The number of anilines is 2. The fourth-order valence-electron chi connectivity index (χ4n) is 6.93. The second kappa shape index (κ2) is 13.7. The second-order valence-corrected chi connectivity index (χ2v) is 13.1. The molecule has 3 aliphatic rings. The van der Waals surface area contributed by atoms with Gasteiger partial charge in [0.25, 0.3) is 5.91 Å². The molecule has 0 bridgehead atoms. The van der Waals surface area contributed by atoms with Crippen molar-refractivity contribution in [2.75, 3.05) is 63.0 Å². The Morgan fingerprint density at radius 3 is 2.35 bits per heavy atom. The highest BCUT2D eigenvalue weighted by Crippen LogP contribution is 2.33. The Balaban J connectivity index is 1.02. The van der Waals surface area contributed by atoms with Crippen LogP contribution in [0.15, 0.2) is 54.7 Å². The Hall–Kier alpha value is -4.09. The molecule has 6 rings (SSSR count). The van der Waals surface area contributed by atoms with Crippen molar-refractivity contribution in [2.24, 2.45) is 11.8 Å². The molecule has 2 unspecified atom stereocenters. The Kier molecular flexibility index (Phi) is 9.51. The zero-order valence-corrected chi connectivity index (χ0v) is 27.2. The molecule has 3 amide bonds. The fourth-order valence-corrected chi connectivity index (χ4v) is 7.10. The van der Waals surface area contributed by atoms with Gasteiger partial charge in [-0.25, -0.2) is 9.48 Å². The van der Waals surface area contributed by atoms with E-state index in [2.05, 4.69) is 10.00 Å². The van der Waals surface area contributed by atoms with Crippen LogP contribution in [0.1, 0.15) is 42.1 Å². The van der Waals surface area contributed by atoms with E-state index in [9.17, 15) is 14.4 Å². The largest absolute Gasteiger partial charge is 0.446 e. The summed E-state index contributed by atoms with van der Waals surface area (Å²) in [7, 11) is 0. The quantitative estimate of drug-likeness (QED) is 0.384. The van der Waals surface area contributed by atoms with E-state index in [4.69, 9.17) is 22.1 Å². The van der Waals surface area contributed by atoms with Crippen LogP contribution in [0.4, 0.5) is 16.3 Å². The Bertz CT molecular complexity index is 1560. The molecule has 4 heterocycles. The minimum Gasteiger partial charge on any atom is -0.446 e. The number of para-hydroxylation sites is 1. The van der Waals surface area contributed by atoms with Crippen LogP contribution in [0.3, 0.4) is 0 Å². The van der Waals surface area contributed by atoms with Crippen LogP contribution in [-0.4, -0.2) is 101 Å². The van der Waals surface area contributed by atoms with E-state index in [-0.39, 0.29) is 24.0 Å². The molecule has 2 atom stereocenters. The number of ether oxygens (including phenoxy) is 1. The van der Waals surface area contributed by atoms with Crippen molar-refractivity contribution in [1.29, 1.82) is 0 Å². The number of aromatic nitrogens is 2. The highest BCUT2D eigenvalue weighted by molar-refractivity contribution is 6.31. The maximum atomic E-state index is 13.4. The summed E-state index contributed by atoms with van der Waals surface area (Å²) in [6.45, 7) is 9.21. The van der Waals surface area contributed by atoms with Gasteiger partial charge in [-0.2, -0.15) is 5.10 Å². The number of likely N-dealkylation sites (tertiary alicyclic amines) is 3. The number of nitrogen functional groups attached to an aromatic ring is 1. The highest BCUT2D eigenvalue weighted by atomic mass is 35.5. The molecule has 3 aromatic rings. The summed E-state index contributed by atoms with van der Waals surface area (Å²) >= 11 is 6.44. The number of aryl methyl sites for hydroxylation is 1. The number of nitrogens with zero attached hydrogens (tertiary/aromatic N) is 6. The molecule has 0 aliphatic carbocycles. The molecule has 2 N–H and O–H groups in total. The third kappa shape index (κ3) is 6.85. The lowest BCUT2D eigenvalue weighted by Gasteiger charge is -2.32. The van der Waals surface area contributed by atoms with Crippen molar-refractivity contribution < 1.29 is 19.1 Å². The minimum absolute atomic E-state index is 0.0478. The van der Waals surface area contributed by atoms with Crippen molar-refractivity contribution in [2.45, 2.75) is 39.2 Å². The standard InChI is InChI=1S/C34H42ClN7O4/c1-23-9-10-28(17-31(23)35)41(34(45)46-29-11-15-39(16-12-29)24(2)43)14-6-13-38-19-25-21-40(22-26(25)20-38)33(44)30-18-37-42(32(30)36)27-7-4-3-5-8-27/h3-5,7-10,17-18,25-26,29H,6,11-16,19-22,36H2,1-2H3. The van der Waals surface area contributed by atoms with Crippen molar-refractivity contribution in [3.63, 3.8) is 0 Å². The van der Waals surface area contributed by atoms with Crippen LogP contribution >= 0.6 is 11.6 Å². The van der Waals surface area contributed by atoms with Gasteiger partial charge in [0, 0.05) is 76.3 Å². The molecule has 0 radical (unpaired) electrons. The first-order chi connectivity index (χ1) is 22.2. The number of hydrogen-bond donors (Lipinski definition) is 1. The van der Waals surface area contributed by atoms with E-state index >= 15 is 0 Å². The van der Waals surface area contributed by atoms with Gasteiger partial charge >= 0.3 is 6.09 Å². The number of nitrogens with two attached hydrogens (primary N) is 1. The summed E-state index contributed by atoms with van der Waals surface area (Å²) in [5.74, 6) is 1.12. The van der Waals surface area contributed by atoms with Gasteiger partial charge in [-0.1, -0.05) is 35.9 Å². The molecule has 3 fully saturated rings. The van der Waals surface area contributed by atoms with Gasteiger partial charge in [-0.15, -0.1) is 0 Å². The molecule has 2 aromatic carbocycles. The van der Waals surface area contributed by atoms with E-state index in [1.165, 1.54) is 0 Å². The summed E-state index contributed by atoms with van der Waals surface area (Å²) in [5, 5.41) is 4.98. The number of piperidine rings is 1. The topological polar surface area (TPSA) is 117 Å². The summed E-state index contributed by atoms with van der Waals surface area (Å²) < 4.78 is 7.54. The van der Waals surface area contributed by atoms with E-state index in [0.29, 0.717) is 79.5 Å². The SMILES string of the molecule is CC(=O)N1CCC(OC(=O)N(CCCN2CC3CN(C(=O)c4cnn(-c5ccccc5)c4N)CC3C2)c2ccc(C)c(Cl)c2)CC1. The van der Waals surface area contributed by atoms with E-state index in [0.717, 1.165) is 37.3 Å². The fraction of sp³-hybridized carbons (Fsp3) is 0.471. The van der Waals surface area contributed by atoms with Crippen molar-refractivity contribution in [3.8, 4) is 5.69 Å². The lowest BCUT2D eigenvalue weighted by atomic mass is 10.0. The van der Waals surface area contributed by atoms with Crippen LogP contribution in [0, 0.1) is 18.8 Å². The molecule has 0 saturated carbocycles. The molecule has 12 heteroatoms. The zero-order valence-electron chi connectivity index (χ0n) is 26.5. The number of amides is 3. The second-order valence-electron chi connectivity index (χ2n) is 12.7. The van der Waals surface area contributed by atoms with Gasteiger partial charge < -0.3 is 25.2 Å². The molecule has 3 saturated heterocycles. The van der Waals surface area contributed by atoms with Gasteiger partial charge in [0.05, 0.1) is 11.9 Å². The van der Waals surface area contributed by atoms with Crippen LogP contribution in [-0.2, 0) is 9.53 Å². The smallest absolute Gasteiger partial charge is 0.414 e. The predicted molar refractivity (Wildman–Crippen MR) is 177 cm³/mol. The predicted octanol–water partition coefficient (Wildman–Crippen LogP) is 4.46. The summed E-state index contributed by atoms with van der Waals surface area (Å²) in [4.78, 5) is 46.4. The van der Waals surface area contributed by atoms with Crippen LogP contribution in [0.2, 0.25) is 5.02 Å². The monoisotopic (exact) mass is 647 g/mol. The lowest BCUT2D eigenvalue weighted by molar-refractivity contribution is -0.130. The number of rotatable bonds is 8. The summed E-state index contributed by atoms with van der Waals surface area (Å²) in [6.07, 6.45) is 2.98. The van der Waals surface area contributed by atoms with E-state index in [1.807, 2.05) is 60.4 Å². The zero-order chi connectivity index (χ0) is 32.4. The molecule has 11 nitrogen and oxygen atoms in total. The van der Waals surface area contributed by atoms with Crippen molar-refractivity contribution >= 4 is 41.0 Å². The van der Waals surface area contributed by atoms with Crippen LogP contribution < -0.4 is 10.6 Å². The first-order valence-corrected chi connectivity index (χ1v) is 16.5. The average molecular weight is 648 g/mol. The van der Waals surface area contributed by atoms with Gasteiger partial charge in [0.2, 0.25) is 5.91 Å². The highest BCUT2D eigenvalue weighted by Gasteiger charge is 2.42. The number of hydrogen-bond acceptors (Lipinski definition) is 7. The van der Waals surface area contributed by atoms with E-state index < -0.39 is 0 Å². The lowest BCUT2D eigenvalue weighted by Crippen LogP contribution is -2.43. The number of fused-ring (bicyclic) bond motifs is 1. The number of benzene rings is 2. The van der Waals surface area contributed by atoms with Gasteiger partial charge in [-0.3, -0.25) is 14.5 Å². The summed E-state index contributed by atoms with van der Waals surface area (Å²) in [5.41, 5.74) is 9.27. The molecule has 0 spiro atoms. The van der Waals surface area contributed by atoms with Gasteiger partial charge in [0.15, 0.2) is 0 Å². The Morgan fingerprint density at radius 1 is 1.00 bits per heavy atom.